The first kappa shape index (κ1) is 16.0. The van der Waals surface area contributed by atoms with Gasteiger partial charge in [0.25, 0.3) is 0 Å². The summed E-state index contributed by atoms with van der Waals surface area (Å²) in [5, 5.41) is 11.8. The van der Waals surface area contributed by atoms with Crippen molar-refractivity contribution in [3.8, 4) is 0 Å². The highest BCUT2D eigenvalue weighted by Crippen LogP contribution is 2.13. The quantitative estimate of drug-likeness (QED) is 0.708. The van der Waals surface area contributed by atoms with E-state index in [4.69, 9.17) is 9.47 Å². The zero-order chi connectivity index (χ0) is 14.1. The second-order valence-electron chi connectivity index (χ2n) is 3.94. The van der Waals surface area contributed by atoms with Gasteiger partial charge in [0.15, 0.2) is 0 Å². The summed E-state index contributed by atoms with van der Waals surface area (Å²) < 4.78 is 10.0. The molecular formula is C11H20N4O3S. The number of aryl methyl sites for hydroxylation is 1. The Morgan fingerprint density at radius 3 is 2.37 bits per heavy atom. The number of rotatable bonds is 9. The molecule has 1 heterocycles. The average Bonchev–Trinajstić information content (AvgIpc) is 2.78. The SMILES string of the molecule is COCCN(CCOC)CC(=O)Nc1nnc(C)s1. The smallest absolute Gasteiger partial charge is 0.240 e. The van der Waals surface area contributed by atoms with Crippen LogP contribution in [0.25, 0.3) is 0 Å². The first-order chi connectivity index (χ1) is 9.15. The Hall–Kier alpha value is -1.09. The van der Waals surface area contributed by atoms with Crippen molar-refractivity contribution in [2.45, 2.75) is 6.92 Å². The van der Waals surface area contributed by atoms with E-state index < -0.39 is 0 Å². The zero-order valence-corrected chi connectivity index (χ0v) is 12.3. The lowest BCUT2D eigenvalue weighted by molar-refractivity contribution is -0.117. The normalized spacial score (nSPS) is 10.9. The lowest BCUT2D eigenvalue weighted by atomic mass is 10.4. The van der Waals surface area contributed by atoms with Crippen LogP contribution < -0.4 is 5.32 Å². The number of anilines is 1. The third-order valence-corrected chi connectivity index (χ3v) is 3.12. The van der Waals surface area contributed by atoms with Gasteiger partial charge in [0, 0.05) is 27.3 Å². The summed E-state index contributed by atoms with van der Waals surface area (Å²) >= 11 is 1.36. The van der Waals surface area contributed by atoms with Crippen molar-refractivity contribution in [2.75, 3.05) is 52.4 Å². The van der Waals surface area contributed by atoms with Crippen LogP contribution in [-0.2, 0) is 14.3 Å². The van der Waals surface area contributed by atoms with Crippen LogP contribution in [0.15, 0.2) is 0 Å². The Labute approximate surface area is 116 Å². The maximum absolute atomic E-state index is 11.9. The van der Waals surface area contributed by atoms with Gasteiger partial charge in [0.2, 0.25) is 11.0 Å². The minimum absolute atomic E-state index is 0.108. The third-order valence-electron chi connectivity index (χ3n) is 2.36. The van der Waals surface area contributed by atoms with Gasteiger partial charge in [-0.2, -0.15) is 0 Å². The number of nitrogens with one attached hydrogen (secondary N) is 1. The number of carbonyl (C=O) groups excluding carboxylic acids is 1. The van der Waals surface area contributed by atoms with E-state index in [2.05, 4.69) is 15.5 Å². The molecule has 0 radical (unpaired) electrons. The van der Waals surface area contributed by atoms with Gasteiger partial charge in [-0.1, -0.05) is 11.3 Å². The molecule has 7 nitrogen and oxygen atoms in total. The lowest BCUT2D eigenvalue weighted by Crippen LogP contribution is -2.37. The molecule has 8 heteroatoms. The van der Waals surface area contributed by atoms with E-state index in [1.807, 2.05) is 11.8 Å². The number of nitrogens with zero attached hydrogens (tertiary/aromatic N) is 3. The highest BCUT2D eigenvalue weighted by molar-refractivity contribution is 7.15. The molecule has 0 aliphatic carbocycles. The predicted molar refractivity (Wildman–Crippen MR) is 73.5 cm³/mol. The molecule has 0 aliphatic rings. The van der Waals surface area contributed by atoms with E-state index >= 15 is 0 Å². The van der Waals surface area contributed by atoms with Gasteiger partial charge in [-0.25, -0.2) is 0 Å². The first-order valence-corrected chi connectivity index (χ1v) is 6.77. The molecule has 1 rings (SSSR count). The van der Waals surface area contributed by atoms with Crippen LogP contribution in [0.1, 0.15) is 5.01 Å². The molecule has 0 fully saturated rings. The van der Waals surface area contributed by atoms with Gasteiger partial charge in [-0.05, 0) is 6.92 Å². The van der Waals surface area contributed by atoms with E-state index in [1.54, 1.807) is 14.2 Å². The summed E-state index contributed by atoms with van der Waals surface area (Å²) in [6.45, 7) is 4.65. The standard InChI is InChI=1S/C11H20N4O3S/c1-9-13-14-11(19-9)12-10(16)8-15(4-6-17-2)5-7-18-3/h4-8H2,1-3H3,(H,12,14,16). The van der Waals surface area contributed by atoms with Gasteiger partial charge < -0.3 is 9.47 Å². The molecular weight excluding hydrogens is 268 g/mol. The Morgan fingerprint density at radius 2 is 1.89 bits per heavy atom. The number of aromatic nitrogens is 2. The number of hydrogen-bond donors (Lipinski definition) is 1. The molecule has 0 bridgehead atoms. The van der Waals surface area contributed by atoms with Crippen molar-refractivity contribution in [3.63, 3.8) is 0 Å². The number of hydrogen-bond acceptors (Lipinski definition) is 7. The average molecular weight is 288 g/mol. The van der Waals surface area contributed by atoms with E-state index in [1.165, 1.54) is 11.3 Å². The number of ether oxygens (including phenoxy) is 2. The van der Waals surface area contributed by atoms with Crippen molar-refractivity contribution in [3.05, 3.63) is 5.01 Å². The summed E-state index contributed by atoms with van der Waals surface area (Å²) in [5.74, 6) is -0.108. The van der Waals surface area contributed by atoms with Crippen LogP contribution in [0, 0.1) is 6.92 Å². The topological polar surface area (TPSA) is 76.6 Å². The third kappa shape index (κ3) is 6.58. The molecule has 0 atom stereocenters. The Kier molecular flexibility index (Phi) is 7.49. The monoisotopic (exact) mass is 288 g/mol. The van der Waals surface area contributed by atoms with E-state index in [0.717, 1.165) is 5.01 Å². The van der Waals surface area contributed by atoms with Crippen LogP contribution in [0.4, 0.5) is 5.13 Å². The zero-order valence-electron chi connectivity index (χ0n) is 11.5. The minimum Gasteiger partial charge on any atom is -0.383 e. The van der Waals surface area contributed by atoms with Crippen LogP contribution in [0.3, 0.4) is 0 Å². The number of carbonyl (C=O) groups is 1. The second-order valence-corrected chi connectivity index (χ2v) is 5.12. The molecule has 1 amide bonds. The molecule has 0 aliphatic heterocycles. The molecule has 0 unspecified atom stereocenters. The number of amides is 1. The minimum atomic E-state index is -0.108. The van der Waals surface area contributed by atoms with Crippen molar-refractivity contribution >= 4 is 22.4 Å². The Morgan fingerprint density at radius 1 is 1.26 bits per heavy atom. The maximum Gasteiger partial charge on any atom is 0.240 e. The van der Waals surface area contributed by atoms with Crippen molar-refractivity contribution in [1.29, 1.82) is 0 Å². The predicted octanol–water partition coefficient (Wildman–Crippen LogP) is 0.380. The highest BCUT2D eigenvalue weighted by atomic mass is 32.1. The van der Waals surface area contributed by atoms with Gasteiger partial charge in [-0.3, -0.25) is 15.0 Å². The van der Waals surface area contributed by atoms with Crippen LogP contribution in [0.5, 0.6) is 0 Å². The van der Waals surface area contributed by atoms with Gasteiger partial charge in [0.05, 0.1) is 19.8 Å². The fraction of sp³-hybridized carbons (Fsp3) is 0.727. The maximum atomic E-state index is 11.9. The fourth-order valence-electron chi connectivity index (χ4n) is 1.42. The fourth-order valence-corrected chi connectivity index (χ4v) is 2.03. The summed E-state index contributed by atoms with van der Waals surface area (Å²) in [4.78, 5) is 13.8. The second kappa shape index (κ2) is 8.92. The summed E-state index contributed by atoms with van der Waals surface area (Å²) in [5.41, 5.74) is 0. The largest absolute Gasteiger partial charge is 0.383 e. The molecule has 1 aromatic rings. The first-order valence-electron chi connectivity index (χ1n) is 5.96. The molecule has 0 saturated heterocycles. The van der Waals surface area contributed by atoms with Gasteiger partial charge in [-0.15, -0.1) is 10.2 Å². The molecule has 0 aromatic carbocycles. The van der Waals surface area contributed by atoms with Crippen LogP contribution in [0.2, 0.25) is 0 Å². The van der Waals surface area contributed by atoms with Crippen LogP contribution >= 0.6 is 11.3 Å². The molecule has 1 N–H and O–H groups in total. The highest BCUT2D eigenvalue weighted by Gasteiger charge is 2.12. The van der Waals surface area contributed by atoms with Gasteiger partial charge >= 0.3 is 0 Å². The van der Waals surface area contributed by atoms with Crippen molar-refractivity contribution in [1.82, 2.24) is 15.1 Å². The van der Waals surface area contributed by atoms with E-state index in [9.17, 15) is 4.79 Å². The molecule has 108 valence electrons. The van der Waals surface area contributed by atoms with Crippen molar-refractivity contribution < 1.29 is 14.3 Å². The molecule has 19 heavy (non-hydrogen) atoms. The molecule has 0 spiro atoms. The molecule has 0 saturated carbocycles. The lowest BCUT2D eigenvalue weighted by Gasteiger charge is -2.20. The van der Waals surface area contributed by atoms with Crippen LogP contribution in [-0.4, -0.2) is 68.1 Å². The Bertz CT molecular complexity index is 378. The Balaban J connectivity index is 2.40. The van der Waals surface area contributed by atoms with E-state index in [0.29, 0.717) is 31.4 Å². The number of methoxy groups -OCH3 is 2. The summed E-state index contributed by atoms with van der Waals surface area (Å²) in [6.07, 6.45) is 0. The van der Waals surface area contributed by atoms with E-state index in [-0.39, 0.29) is 12.5 Å². The van der Waals surface area contributed by atoms with Crippen molar-refractivity contribution in [2.24, 2.45) is 0 Å². The summed E-state index contributed by atoms with van der Waals surface area (Å²) in [7, 11) is 3.27. The summed E-state index contributed by atoms with van der Waals surface area (Å²) in [6, 6.07) is 0. The van der Waals surface area contributed by atoms with Gasteiger partial charge in [0.1, 0.15) is 5.01 Å². The molecule has 1 aromatic heterocycles.